The zero-order chi connectivity index (χ0) is 12.1. The van der Waals surface area contributed by atoms with Crippen molar-refractivity contribution in [1.82, 2.24) is 5.32 Å². The molecule has 0 amide bonds. The number of furan rings is 1. The van der Waals surface area contributed by atoms with Gasteiger partial charge in [-0.15, -0.1) is 0 Å². The molecule has 2 unspecified atom stereocenters. The first-order chi connectivity index (χ1) is 7.52. The van der Waals surface area contributed by atoms with E-state index in [1.165, 1.54) is 12.8 Å². The van der Waals surface area contributed by atoms with E-state index in [4.69, 9.17) is 4.42 Å². The van der Waals surface area contributed by atoms with Gasteiger partial charge in [0.2, 0.25) is 0 Å². The summed E-state index contributed by atoms with van der Waals surface area (Å²) in [5.41, 5.74) is 0. The number of rotatable bonds is 6. The predicted octanol–water partition coefficient (Wildman–Crippen LogP) is 4.72. The monoisotopic (exact) mass is 351 g/mol. The summed E-state index contributed by atoms with van der Waals surface area (Å²) in [7, 11) is 0. The summed E-state index contributed by atoms with van der Waals surface area (Å²) < 4.78 is 7.24. The first kappa shape index (κ1) is 14.3. The lowest BCUT2D eigenvalue weighted by Crippen LogP contribution is -2.27. The Balaban J connectivity index is 2.34. The van der Waals surface area contributed by atoms with E-state index in [9.17, 15) is 0 Å². The molecule has 4 heteroatoms. The molecule has 0 fully saturated rings. The maximum atomic E-state index is 5.50. The van der Waals surface area contributed by atoms with Crippen LogP contribution in [0.5, 0.6) is 0 Å². The smallest absolute Gasteiger partial charge is 0.183 e. The average molecular weight is 353 g/mol. The SMILES string of the molecule is CCC(C)CC(C)NCc1cc(Br)c(Br)o1. The molecule has 0 bridgehead atoms. The summed E-state index contributed by atoms with van der Waals surface area (Å²) in [5, 5.41) is 3.47. The highest BCUT2D eigenvalue weighted by molar-refractivity contribution is 9.13. The van der Waals surface area contributed by atoms with E-state index in [1.807, 2.05) is 6.07 Å². The predicted molar refractivity (Wildman–Crippen MR) is 74.5 cm³/mol. The molecule has 2 nitrogen and oxygen atoms in total. The van der Waals surface area contributed by atoms with Crippen LogP contribution in [0.2, 0.25) is 0 Å². The molecule has 0 saturated heterocycles. The Hall–Kier alpha value is 0.200. The minimum atomic E-state index is 0.526. The Labute approximate surface area is 114 Å². The van der Waals surface area contributed by atoms with E-state index in [1.54, 1.807) is 0 Å². The standard InChI is InChI=1S/C12H19Br2NO/c1-4-8(2)5-9(3)15-7-10-6-11(13)12(14)16-10/h6,8-9,15H,4-5,7H2,1-3H3. The van der Waals surface area contributed by atoms with Crippen molar-refractivity contribution in [3.63, 3.8) is 0 Å². The molecular formula is C12H19Br2NO. The molecule has 1 aromatic rings. The summed E-state index contributed by atoms with van der Waals surface area (Å²) in [6, 6.07) is 2.52. The van der Waals surface area contributed by atoms with E-state index in [-0.39, 0.29) is 0 Å². The topological polar surface area (TPSA) is 25.2 Å². The van der Waals surface area contributed by atoms with Gasteiger partial charge in [-0.3, -0.25) is 0 Å². The Kier molecular flexibility index (Phi) is 6.08. The Morgan fingerprint density at radius 2 is 2.06 bits per heavy atom. The lowest BCUT2D eigenvalue weighted by atomic mass is 10.0. The van der Waals surface area contributed by atoms with Crippen LogP contribution in [0.3, 0.4) is 0 Å². The van der Waals surface area contributed by atoms with Gasteiger partial charge in [-0.1, -0.05) is 20.3 Å². The highest BCUT2D eigenvalue weighted by atomic mass is 79.9. The molecule has 92 valence electrons. The fraction of sp³-hybridized carbons (Fsp3) is 0.667. The van der Waals surface area contributed by atoms with Crippen molar-refractivity contribution in [3.8, 4) is 0 Å². The van der Waals surface area contributed by atoms with Crippen LogP contribution >= 0.6 is 31.9 Å². The molecule has 0 aliphatic rings. The van der Waals surface area contributed by atoms with Crippen molar-refractivity contribution in [1.29, 1.82) is 0 Å². The van der Waals surface area contributed by atoms with E-state index in [0.717, 1.165) is 27.4 Å². The van der Waals surface area contributed by atoms with Gasteiger partial charge in [0, 0.05) is 6.04 Å². The van der Waals surface area contributed by atoms with Gasteiger partial charge in [-0.25, -0.2) is 0 Å². The van der Waals surface area contributed by atoms with Gasteiger partial charge in [-0.2, -0.15) is 0 Å². The number of nitrogens with one attached hydrogen (secondary N) is 1. The van der Waals surface area contributed by atoms with Crippen LogP contribution in [0.25, 0.3) is 0 Å². The molecule has 0 aromatic carbocycles. The summed E-state index contributed by atoms with van der Waals surface area (Å²) in [6.45, 7) is 7.53. The molecule has 0 radical (unpaired) electrons. The number of hydrogen-bond acceptors (Lipinski definition) is 2. The van der Waals surface area contributed by atoms with Crippen LogP contribution in [0.4, 0.5) is 0 Å². The molecule has 0 aliphatic carbocycles. The number of hydrogen-bond donors (Lipinski definition) is 1. The van der Waals surface area contributed by atoms with Crippen LogP contribution < -0.4 is 5.32 Å². The Morgan fingerprint density at radius 1 is 1.38 bits per heavy atom. The third-order valence-electron chi connectivity index (χ3n) is 2.77. The molecule has 2 atom stereocenters. The Morgan fingerprint density at radius 3 is 2.56 bits per heavy atom. The minimum absolute atomic E-state index is 0.526. The lowest BCUT2D eigenvalue weighted by molar-refractivity contribution is 0.388. The fourth-order valence-electron chi connectivity index (χ4n) is 1.61. The van der Waals surface area contributed by atoms with Gasteiger partial charge in [0.25, 0.3) is 0 Å². The third-order valence-corrected chi connectivity index (χ3v) is 4.48. The molecule has 1 rings (SSSR count). The molecular weight excluding hydrogens is 334 g/mol. The van der Waals surface area contributed by atoms with E-state index in [2.05, 4.69) is 57.9 Å². The van der Waals surface area contributed by atoms with E-state index < -0.39 is 0 Å². The molecule has 0 aliphatic heterocycles. The maximum Gasteiger partial charge on any atom is 0.183 e. The van der Waals surface area contributed by atoms with Gasteiger partial charge in [0.15, 0.2) is 4.67 Å². The quantitative estimate of drug-likeness (QED) is 0.801. The summed E-state index contributed by atoms with van der Waals surface area (Å²) in [6.07, 6.45) is 2.45. The largest absolute Gasteiger partial charge is 0.452 e. The van der Waals surface area contributed by atoms with Crippen molar-refractivity contribution in [3.05, 3.63) is 21.0 Å². The van der Waals surface area contributed by atoms with Crippen molar-refractivity contribution < 1.29 is 4.42 Å². The van der Waals surface area contributed by atoms with Gasteiger partial charge < -0.3 is 9.73 Å². The lowest BCUT2D eigenvalue weighted by Gasteiger charge is -2.16. The van der Waals surface area contributed by atoms with E-state index >= 15 is 0 Å². The molecule has 1 N–H and O–H groups in total. The van der Waals surface area contributed by atoms with Gasteiger partial charge in [0.05, 0.1) is 11.0 Å². The third kappa shape index (κ3) is 4.60. The van der Waals surface area contributed by atoms with Crippen LogP contribution in [0, 0.1) is 5.92 Å². The normalized spacial score (nSPS) is 15.1. The average Bonchev–Trinajstić information content (AvgIpc) is 2.55. The fourth-order valence-corrected chi connectivity index (χ4v) is 2.27. The number of halogens is 2. The zero-order valence-corrected chi connectivity index (χ0v) is 13.2. The van der Waals surface area contributed by atoms with Crippen LogP contribution in [0.1, 0.15) is 39.4 Å². The molecule has 0 saturated carbocycles. The Bertz CT molecular complexity index is 305. The second-order valence-electron chi connectivity index (χ2n) is 4.37. The molecule has 16 heavy (non-hydrogen) atoms. The summed E-state index contributed by atoms with van der Waals surface area (Å²) >= 11 is 6.74. The second-order valence-corrected chi connectivity index (χ2v) is 5.94. The summed E-state index contributed by atoms with van der Waals surface area (Å²) in [4.78, 5) is 0. The van der Waals surface area contributed by atoms with Gasteiger partial charge in [-0.05, 0) is 57.2 Å². The van der Waals surface area contributed by atoms with Crippen LogP contribution in [-0.2, 0) is 6.54 Å². The molecule has 1 aromatic heterocycles. The molecule has 0 spiro atoms. The van der Waals surface area contributed by atoms with Crippen molar-refractivity contribution in [2.24, 2.45) is 5.92 Å². The van der Waals surface area contributed by atoms with Crippen LogP contribution in [-0.4, -0.2) is 6.04 Å². The minimum Gasteiger partial charge on any atom is -0.452 e. The van der Waals surface area contributed by atoms with Gasteiger partial charge >= 0.3 is 0 Å². The first-order valence-corrected chi connectivity index (χ1v) is 7.28. The highest BCUT2D eigenvalue weighted by Crippen LogP contribution is 2.26. The summed E-state index contributed by atoms with van der Waals surface area (Å²) in [5.74, 6) is 1.73. The highest BCUT2D eigenvalue weighted by Gasteiger charge is 2.09. The van der Waals surface area contributed by atoms with Crippen molar-refractivity contribution in [2.45, 2.75) is 46.2 Å². The zero-order valence-electron chi connectivity index (χ0n) is 10.0. The van der Waals surface area contributed by atoms with Gasteiger partial charge in [0.1, 0.15) is 5.76 Å². The first-order valence-electron chi connectivity index (χ1n) is 5.70. The van der Waals surface area contributed by atoms with Crippen LogP contribution in [0.15, 0.2) is 19.6 Å². The second kappa shape index (κ2) is 6.82. The van der Waals surface area contributed by atoms with Crippen molar-refractivity contribution in [2.75, 3.05) is 0 Å². The van der Waals surface area contributed by atoms with Crippen molar-refractivity contribution >= 4 is 31.9 Å². The molecule has 1 heterocycles. The maximum absolute atomic E-state index is 5.50. The van der Waals surface area contributed by atoms with E-state index in [0.29, 0.717) is 6.04 Å².